The first-order valence-electron chi connectivity index (χ1n) is 17.2. The van der Waals surface area contributed by atoms with Gasteiger partial charge in [0, 0.05) is 31.9 Å². The van der Waals surface area contributed by atoms with E-state index in [4.69, 9.17) is 21.3 Å². The summed E-state index contributed by atoms with van der Waals surface area (Å²) in [6.07, 6.45) is 4.09. The average Bonchev–Trinajstić information content (AvgIpc) is 3.87. The fraction of sp³-hybridized carbons (Fsp3) is 0.500. The Hall–Kier alpha value is -4.57. The standard InChI is InChI=1S/C34H39ClF3N9O4/c1-3-26-29(43-12-13-44(20(2)18-43)27-17-39-46(31(27)49)23-6-4-5-7-23)32(50)47-33(41-30(42-47)21-10-14-51-15-11-21)45(26)19-28(48)40-25-9-8-22(16-24(25)35)34(36,37)38/h8-10,16-17,20,23,39H,3-7,11-15,18-19H2,1-2H3,(H,40,48)/t20-/m1/s1. The fourth-order valence-electron chi connectivity index (χ4n) is 7.45. The number of alkyl halides is 3. The summed E-state index contributed by atoms with van der Waals surface area (Å²) in [6, 6.07) is 2.75. The number of aromatic amines is 1. The van der Waals surface area contributed by atoms with E-state index in [-0.39, 0.29) is 46.2 Å². The quantitative estimate of drug-likeness (QED) is 0.262. The molecule has 2 N–H and O–H groups in total. The largest absolute Gasteiger partial charge is 0.416 e. The third kappa shape index (κ3) is 6.66. The Balaban J connectivity index is 1.23. The first kappa shape index (κ1) is 34.9. The Morgan fingerprint density at radius 2 is 1.94 bits per heavy atom. The smallest absolute Gasteiger partial charge is 0.377 e. The van der Waals surface area contributed by atoms with Crippen LogP contribution in [0.3, 0.4) is 0 Å². The van der Waals surface area contributed by atoms with E-state index < -0.39 is 17.6 Å². The van der Waals surface area contributed by atoms with E-state index in [2.05, 4.69) is 20.4 Å². The summed E-state index contributed by atoms with van der Waals surface area (Å²) in [6.45, 7) is 5.73. The number of amides is 1. The first-order valence-corrected chi connectivity index (χ1v) is 17.6. The number of nitrogens with one attached hydrogen (secondary N) is 2. The molecule has 3 aliphatic rings. The zero-order valence-electron chi connectivity index (χ0n) is 28.3. The molecule has 3 aromatic heterocycles. The summed E-state index contributed by atoms with van der Waals surface area (Å²) in [4.78, 5) is 50.1. The number of halogens is 4. The summed E-state index contributed by atoms with van der Waals surface area (Å²) in [5, 5.41) is 10.1. The third-order valence-corrected chi connectivity index (χ3v) is 10.3. The summed E-state index contributed by atoms with van der Waals surface area (Å²) in [5.74, 6) is -0.0799. The molecule has 4 aromatic rings. The summed E-state index contributed by atoms with van der Waals surface area (Å²) >= 11 is 6.15. The van der Waals surface area contributed by atoms with Crippen LogP contribution < -0.4 is 26.2 Å². The van der Waals surface area contributed by atoms with E-state index in [0.717, 1.165) is 49.5 Å². The molecule has 2 fully saturated rings. The number of ether oxygens (including phenoxy) is 1. The highest BCUT2D eigenvalue weighted by atomic mass is 35.5. The molecule has 0 unspecified atom stereocenters. The highest BCUT2D eigenvalue weighted by molar-refractivity contribution is 6.33. The molecule has 1 saturated carbocycles. The lowest BCUT2D eigenvalue weighted by Crippen LogP contribution is -2.55. The van der Waals surface area contributed by atoms with Crippen molar-refractivity contribution in [2.24, 2.45) is 0 Å². The second kappa shape index (κ2) is 13.9. The number of benzene rings is 1. The van der Waals surface area contributed by atoms with Gasteiger partial charge in [0.15, 0.2) is 5.82 Å². The van der Waals surface area contributed by atoms with Crippen molar-refractivity contribution in [3.8, 4) is 0 Å². The van der Waals surface area contributed by atoms with Gasteiger partial charge in [0.1, 0.15) is 17.9 Å². The second-order valence-corrected chi connectivity index (χ2v) is 13.6. The molecule has 13 nitrogen and oxygen atoms in total. The summed E-state index contributed by atoms with van der Waals surface area (Å²) in [5.41, 5.74) is 0.975. The third-order valence-electron chi connectivity index (χ3n) is 10.0. The van der Waals surface area contributed by atoms with Gasteiger partial charge in [0.2, 0.25) is 11.7 Å². The number of piperazine rings is 1. The lowest BCUT2D eigenvalue weighted by Gasteiger charge is -2.41. The minimum atomic E-state index is -4.59. The van der Waals surface area contributed by atoms with Crippen LogP contribution in [0.15, 0.2) is 40.1 Å². The van der Waals surface area contributed by atoms with Crippen molar-refractivity contribution in [3.63, 3.8) is 0 Å². The number of carbonyl (C=O) groups is 1. The highest BCUT2D eigenvalue weighted by Gasteiger charge is 2.33. The number of hydrogen-bond acceptors (Lipinski definition) is 8. The van der Waals surface area contributed by atoms with Gasteiger partial charge >= 0.3 is 6.18 Å². The molecule has 7 rings (SSSR count). The summed E-state index contributed by atoms with van der Waals surface area (Å²) in [7, 11) is 0. The minimum absolute atomic E-state index is 0.0150. The number of nitrogens with zero attached hydrogens (tertiary/aromatic N) is 7. The van der Waals surface area contributed by atoms with Crippen molar-refractivity contribution in [2.75, 3.05) is 48.0 Å². The molecule has 1 saturated heterocycles. The number of anilines is 3. The molecule has 1 aliphatic carbocycles. The molecule has 1 atom stereocenters. The van der Waals surface area contributed by atoms with Gasteiger partial charge in [-0.3, -0.25) is 14.4 Å². The Morgan fingerprint density at radius 3 is 2.61 bits per heavy atom. The lowest BCUT2D eigenvalue weighted by molar-refractivity contribution is -0.137. The van der Waals surface area contributed by atoms with E-state index >= 15 is 0 Å². The van der Waals surface area contributed by atoms with E-state index in [0.29, 0.717) is 68.6 Å². The van der Waals surface area contributed by atoms with Crippen molar-refractivity contribution in [1.82, 2.24) is 28.9 Å². The first-order chi connectivity index (χ1) is 24.4. The van der Waals surface area contributed by atoms with Crippen LogP contribution in [0.4, 0.5) is 30.2 Å². The predicted octanol–water partition coefficient (Wildman–Crippen LogP) is 4.89. The maximum atomic E-state index is 14.3. The van der Waals surface area contributed by atoms with Gasteiger partial charge in [-0.05, 0) is 56.4 Å². The van der Waals surface area contributed by atoms with Crippen LogP contribution in [-0.2, 0) is 28.7 Å². The van der Waals surface area contributed by atoms with E-state index in [1.165, 1.54) is 4.52 Å². The molecule has 5 heterocycles. The van der Waals surface area contributed by atoms with Crippen molar-refractivity contribution in [3.05, 3.63) is 73.3 Å². The van der Waals surface area contributed by atoms with Crippen molar-refractivity contribution < 1.29 is 22.7 Å². The van der Waals surface area contributed by atoms with Gasteiger partial charge in [-0.25, -0.2) is 4.68 Å². The molecule has 1 aromatic carbocycles. The number of aromatic nitrogens is 6. The van der Waals surface area contributed by atoms with Crippen molar-refractivity contribution >= 4 is 45.9 Å². The summed E-state index contributed by atoms with van der Waals surface area (Å²) < 4.78 is 49.7. The van der Waals surface area contributed by atoms with E-state index in [9.17, 15) is 27.6 Å². The van der Waals surface area contributed by atoms with Crippen LogP contribution in [0.1, 0.15) is 69.1 Å². The van der Waals surface area contributed by atoms with E-state index in [1.54, 1.807) is 15.4 Å². The number of hydrogen-bond donors (Lipinski definition) is 2. The monoisotopic (exact) mass is 729 g/mol. The predicted molar refractivity (Wildman–Crippen MR) is 187 cm³/mol. The normalized spacial score (nSPS) is 18.9. The molecule has 2 aliphatic heterocycles. The molecule has 0 spiro atoms. The highest BCUT2D eigenvalue weighted by Crippen LogP contribution is 2.34. The van der Waals surface area contributed by atoms with Crippen LogP contribution in [0.5, 0.6) is 0 Å². The molecular formula is C34H39ClF3N9O4. The van der Waals surface area contributed by atoms with Crippen LogP contribution in [0.2, 0.25) is 5.02 Å². The van der Waals surface area contributed by atoms with Gasteiger partial charge in [0.25, 0.3) is 11.1 Å². The maximum absolute atomic E-state index is 14.3. The molecule has 51 heavy (non-hydrogen) atoms. The zero-order valence-corrected chi connectivity index (χ0v) is 29.1. The van der Waals surface area contributed by atoms with Gasteiger partial charge in [-0.1, -0.05) is 37.4 Å². The van der Waals surface area contributed by atoms with E-state index in [1.807, 2.05) is 24.8 Å². The topological polar surface area (TPSA) is 135 Å². The Morgan fingerprint density at radius 1 is 1.16 bits per heavy atom. The second-order valence-electron chi connectivity index (χ2n) is 13.2. The molecule has 0 radical (unpaired) electrons. The van der Waals surface area contributed by atoms with Gasteiger partial charge in [-0.15, -0.1) is 5.10 Å². The van der Waals surface area contributed by atoms with Crippen molar-refractivity contribution in [2.45, 2.75) is 77.2 Å². The van der Waals surface area contributed by atoms with Crippen LogP contribution >= 0.6 is 11.6 Å². The minimum Gasteiger partial charge on any atom is -0.377 e. The zero-order chi connectivity index (χ0) is 36.0. The Bertz CT molecular complexity index is 2110. The number of carbonyl (C=O) groups excluding carboxylic acids is 1. The van der Waals surface area contributed by atoms with Crippen LogP contribution in [-0.4, -0.2) is 73.7 Å². The molecular weight excluding hydrogens is 691 g/mol. The number of rotatable bonds is 8. The SMILES string of the molecule is CCc1c(N2CCN(c3c[nH]n(C4CCCC4)c3=O)[C@H](C)C2)c(=O)n2nc(C3=CCOCC3)nc2n1CC(=O)Nc1ccc(C(F)(F)F)cc1Cl. The Labute approximate surface area is 295 Å². The molecule has 1 amide bonds. The molecule has 272 valence electrons. The van der Waals surface area contributed by atoms with Gasteiger partial charge in [0.05, 0.1) is 41.2 Å². The van der Waals surface area contributed by atoms with Gasteiger partial charge in [-0.2, -0.15) is 22.7 Å². The maximum Gasteiger partial charge on any atom is 0.416 e. The Kier molecular flexibility index (Phi) is 9.48. The van der Waals surface area contributed by atoms with Gasteiger partial charge < -0.3 is 29.5 Å². The number of fused-ring (bicyclic) bond motifs is 1. The lowest BCUT2D eigenvalue weighted by atomic mass is 10.1. The number of H-pyrrole nitrogens is 1. The van der Waals surface area contributed by atoms with Crippen LogP contribution in [0.25, 0.3) is 11.4 Å². The molecule has 17 heteroatoms. The van der Waals surface area contributed by atoms with Crippen molar-refractivity contribution in [1.29, 1.82) is 0 Å². The fourth-order valence-corrected chi connectivity index (χ4v) is 7.68. The average molecular weight is 730 g/mol. The molecule has 0 bridgehead atoms. The van der Waals surface area contributed by atoms with Crippen LogP contribution in [0, 0.1) is 0 Å².